The van der Waals surface area contributed by atoms with E-state index < -0.39 is 5.60 Å². The van der Waals surface area contributed by atoms with Crippen LogP contribution >= 0.6 is 0 Å². The Bertz CT molecular complexity index is 400. The summed E-state index contributed by atoms with van der Waals surface area (Å²) in [6.45, 7) is 11.7. The second-order valence-electron chi connectivity index (χ2n) is 8.29. The quantitative estimate of drug-likeness (QED) is 0.866. The predicted molar refractivity (Wildman–Crippen MR) is 91.5 cm³/mol. The molecule has 0 bridgehead atoms. The number of likely N-dealkylation sites (tertiary alicyclic amines) is 1. The Balaban J connectivity index is 1.89. The smallest absolute Gasteiger partial charge is 0.410 e. The van der Waals surface area contributed by atoms with E-state index in [9.17, 15) is 4.79 Å². The molecule has 1 N–H and O–H groups in total. The molecule has 0 aromatic rings. The summed E-state index contributed by atoms with van der Waals surface area (Å²) in [6, 6.07) is 0. The molecule has 2 saturated heterocycles. The molecule has 2 heterocycles. The van der Waals surface area contributed by atoms with Gasteiger partial charge in [0.1, 0.15) is 5.60 Å². The van der Waals surface area contributed by atoms with Gasteiger partial charge in [-0.25, -0.2) is 4.79 Å². The molecule has 0 aromatic carbocycles. The molecule has 2 rings (SSSR count). The average molecular weight is 326 g/mol. The lowest BCUT2D eigenvalue weighted by atomic mass is 9.75. The molecule has 0 spiro atoms. The van der Waals surface area contributed by atoms with Crippen LogP contribution in [0.15, 0.2) is 0 Å². The number of nitrogens with one attached hydrogen (secondary N) is 1. The third-order valence-electron chi connectivity index (χ3n) is 5.32. The molecule has 5 nitrogen and oxygen atoms in total. The number of piperidine rings is 2. The first-order valence-corrected chi connectivity index (χ1v) is 8.98. The number of hydrogen-bond donors (Lipinski definition) is 1. The van der Waals surface area contributed by atoms with E-state index in [0.717, 1.165) is 51.9 Å². The van der Waals surface area contributed by atoms with E-state index in [4.69, 9.17) is 9.47 Å². The van der Waals surface area contributed by atoms with Crippen molar-refractivity contribution in [1.82, 2.24) is 10.2 Å². The van der Waals surface area contributed by atoms with Crippen molar-refractivity contribution in [1.29, 1.82) is 0 Å². The van der Waals surface area contributed by atoms with Crippen LogP contribution in [0.5, 0.6) is 0 Å². The molecule has 2 unspecified atom stereocenters. The Morgan fingerprint density at radius 1 is 1.30 bits per heavy atom. The third-order valence-corrected chi connectivity index (χ3v) is 5.32. The number of carbonyl (C=O) groups is 1. The van der Waals surface area contributed by atoms with Gasteiger partial charge in [-0.05, 0) is 71.4 Å². The SMILES string of the molecule is COC1(CC2CCN(C(=O)OC(C)(C)C)CC2C)CCNCC1. The van der Waals surface area contributed by atoms with Crippen molar-refractivity contribution in [3.05, 3.63) is 0 Å². The third kappa shape index (κ3) is 5.08. The van der Waals surface area contributed by atoms with Gasteiger partial charge in [0, 0.05) is 20.2 Å². The molecule has 2 fully saturated rings. The van der Waals surface area contributed by atoms with Crippen molar-refractivity contribution < 1.29 is 14.3 Å². The number of ether oxygens (including phenoxy) is 2. The van der Waals surface area contributed by atoms with Crippen LogP contribution < -0.4 is 5.32 Å². The van der Waals surface area contributed by atoms with Gasteiger partial charge >= 0.3 is 6.09 Å². The van der Waals surface area contributed by atoms with E-state index in [-0.39, 0.29) is 11.7 Å². The van der Waals surface area contributed by atoms with Crippen LogP contribution in [0.25, 0.3) is 0 Å². The number of methoxy groups -OCH3 is 1. The molecule has 0 aliphatic carbocycles. The zero-order valence-corrected chi connectivity index (χ0v) is 15.5. The molecule has 0 saturated carbocycles. The number of hydrogen-bond acceptors (Lipinski definition) is 4. The number of nitrogens with zero attached hydrogens (tertiary/aromatic N) is 1. The van der Waals surface area contributed by atoms with Crippen LogP contribution in [0.2, 0.25) is 0 Å². The van der Waals surface area contributed by atoms with Gasteiger partial charge in [0.05, 0.1) is 5.60 Å². The Labute approximate surface area is 141 Å². The van der Waals surface area contributed by atoms with E-state index in [1.54, 1.807) is 0 Å². The Hall–Kier alpha value is -0.810. The fraction of sp³-hybridized carbons (Fsp3) is 0.944. The summed E-state index contributed by atoms with van der Waals surface area (Å²) in [5.41, 5.74) is -0.398. The van der Waals surface area contributed by atoms with Gasteiger partial charge in [0.25, 0.3) is 0 Å². The van der Waals surface area contributed by atoms with Crippen molar-refractivity contribution in [2.24, 2.45) is 11.8 Å². The molecule has 0 aromatic heterocycles. The molecule has 2 atom stereocenters. The van der Waals surface area contributed by atoms with Gasteiger partial charge in [0.15, 0.2) is 0 Å². The first-order chi connectivity index (χ1) is 10.7. The molecular weight excluding hydrogens is 292 g/mol. The highest BCUT2D eigenvalue weighted by Gasteiger charge is 2.39. The zero-order chi connectivity index (χ0) is 17.1. The minimum absolute atomic E-state index is 0.0261. The van der Waals surface area contributed by atoms with Gasteiger partial charge in [0.2, 0.25) is 0 Å². The van der Waals surface area contributed by atoms with E-state index in [1.807, 2.05) is 32.8 Å². The fourth-order valence-corrected chi connectivity index (χ4v) is 3.84. The molecule has 134 valence electrons. The van der Waals surface area contributed by atoms with E-state index in [1.165, 1.54) is 0 Å². The molecule has 2 aliphatic heterocycles. The first-order valence-electron chi connectivity index (χ1n) is 8.98. The van der Waals surface area contributed by atoms with Crippen LogP contribution in [0.1, 0.15) is 53.4 Å². The lowest BCUT2D eigenvalue weighted by molar-refractivity contribution is -0.0642. The zero-order valence-electron chi connectivity index (χ0n) is 15.5. The molecule has 5 heteroatoms. The molecule has 2 aliphatic rings. The van der Waals surface area contributed by atoms with Crippen LogP contribution in [0.3, 0.4) is 0 Å². The van der Waals surface area contributed by atoms with Gasteiger partial charge in [-0.1, -0.05) is 6.92 Å². The van der Waals surface area contributed by atoms with Crippen LogP contribution in [0, 0.1) is 11.8 Å². The Morgan fingerprint density at radius 2 is 1.96 bits per heavy atom. The second-order valence-corrected chi connectivity index (χ2v) is 8.29. The first kappa shape index (κ1) is 18.5. The standard InChI is InChI=1S/C18H34N2O3/c1-14-13-20(16(21)23-17(2,3)4)11-6-15(14)12-18(22-5)7-9-19-10-8-18/h14-15,19H,6-13H2,1-5H3. The number of rotatable bonds is 3. The predicted octanol–water partition coefficient (Wildman–Crippen LogP) is 3.04. The van der Waals surface area contributed by atoms with Crippen molar-refractivity contribution in [3.63, 3.8) is 0 Å². The van der Waals surface area contributed by atoms with E-state index >= 15 is 0 Å². The maximum absolute atomic E-state index is 12.2. The minimum Gasteiger partial charge on any atom is -0.444 e. The lowest BCUT2D eigenvalue weighted by Gasteiger charge is -2.43. The summed E-state index contributed by atoms with van der Waals surface area (Å²) < 4.78 is 11.4. The normalized spacial score (nSPS) is 28.5. The summed E-state index contributed by atoms with van der Waals surface area (Å²) >= 11 is 0. The highest BCUT2D eigenvalue weighted by atomic mass is 16.6. The largest absolute Gasteiger partial charge is 0.444 e. The van der Waals surface area contributed by atoms with Crippen LogP contribution in [-0.2, 0) is 9.47 Å². The molecular formula is C18H34N2O3. The summed E-state index contributed by atoms with van der Waals surface area (Å²) in [7, 11) is 1.85. The number of carbonyl (C=O) groups excluding carboxylic acids is 1. The van der Waals surface area contributed by atoms with Gasteiger partial charge in [-0.15, -0.1) is 0 Å². The Morgan fingerprint density at radius 3 is 2.48 bits per heavy atom. The van der Waals surface area contributed by atoms with E-state index in [2.05, 4.69) is 12.2 Å². The van der Waals surface area contributed by atoms with Gasteiger partial charge in [-0.3, -0.25) is 0 Å². The highest BCUT2D eigenvalue weighted by molar-refractivity contribution is 5.68. The van der Waals surface area contributed by atoms with Crippen molar-refractivity contribution in [3.8, 4) is 0 Å². The van der Waals surface area contributed by atoms with Crippen LogP contribution in [-0.4, -0.2) is 55.5 Å². The molecule has 23 heavy (non-hydrogen) atoms. The maximum atomic E-state index is 12.2. The van der Waals surface area contributed by atoms with E-state index in [0.29, 0.717) is 11.8 Å². The fourth-order valence-electron chi connectivity index (χ4n) is 3.84. The molecule has 0 radical (unpaired) electrons. The number of amides is 1. The lowest BCUT2D eigenvalue weighted by Crippen LogP contribution is -2.49. The molecule has 1 amide bonds. The van der Waals surface area contributed by atoms with Crippen molar-refractivity contribution in [2.75, 3.05) is 33.3 Å². The van der Waals surface area contributed by atoms with Crippen molar-refractivity contribution >= 4 is 6.09 Å². The Kier molecular flexibility index (Phi) is 5.95. The topological polar surface area (TPSA) is 50.8 Å². The summed E-state index contributed by atoms with van der Waals surface area (Å²) in [5, 5.41) is 3.42. The van der Waals surface area contributed by atoms with Gasteiger partial charge < -0.3 is 19.7 Å². The highest BCUT2D eigenvalue weighted by Crippen LogP contribution is 2.36. The maximum Gasteiger partial charge on any atom is 0.410 e. The van der Waals surface area contributed by atoms with Crippen LogP contribution in [0.4, 0.5) is 4.79 Å². The van der Waals surface area contributed by atoms with Gasteiger partial charge in [-0.2, -0.15) is 0 Å². The summed E-state index contributed by atoms with van der Waals surface area (Å²) in [4.78, 5) is 14.1. The van der Waals surface area contributed by atoms with Crippen molar-refractivity contribution in [2.45, 2.75) is 64.6 Å². The monoisotopic (exact) mass is 326 g/mol. The summed E-state index contributed by atoms with van der Waals surface area (Å²) in [6.07, 6.45) is 4.14. The minimum atomic E-state index is -0.424. The summed E-state index contributed by atoms with van der Waals surface area (Å²) in [5.74, 6) is 1.10. The second kappa shape index (κ2) is 7.39. The average Bonchev–Trinajstić information content (AvgIpc) is 2.48.